The first-order valence-electron chi connectivity index (χ1n) is 9.77. The fraction of sp³-hybridized carbons (Fsp3) is 0.227. The quantitative estimate of drug-likeness (QED) is 0.630. The van der Waals surface area contributed by atoms with Crippen molar-refractivity contribution in [3.8, 4) is 22.5 Å². The third kappa shape index (κ3) is 4.22. The molecule has 0 aliphatic carbocycles. The first-order valence-corrected chi connectivity index (χ1v) is 9.77. The van der Waals surface area contributed by atoms with Gasteiger partial charge in [-0.15, -0.1) is 0 Å². The van der Waals surface area contributed by atoms with Gasteiger partial charge in [0, 0.05) is 36.9 Å². The van der Waals surface area contributed by atoms with Crippen molar-refractivity contribution in [2.24, 2.45) is 0 Å². The fourth-order valence-electron chi connectivity index (χ4n) is 3.51. The first-order chi connectivity index (χ1) is 15.3. The molecule has 1 amide bonds. The van der Waals surface area contributed by atoms with E-state index in [1.54, 1.807) is 12.1 Å². The van der Waals surface area contributed by atoms with Crippen LogP contribution in [0.25, 0.3) is 22.5 Å². The molecule has 0 fully saturated rings. The number of nitrogens with zero attached hydrogens (tertiary/aromatic N) is 2. The zero-order chi connectivity index (χ0) is 22.9. The van der Waals surface area contributed by atoms with E-state index < -0.39 is 18.1 Å². The summed E-state index contributed by atoms with van der Waals surface area (Å²) in [7, 11) is 0. The smallest absolute Gasteiger partial charge is 0.396 e. The number of carbonyl (C=O) groups excluding carboxylic acids is 2. The van der Waals surface area contributed by atoms with Crippen molar-refractivity contribution in [2.75, 3.05) is 13.2 Å². The lowest BCUT2D eigenvalue weighted by Crippen LogP contribution is -2.37. The topological polar surface area (TPSA) is 93.5 Å². The zero-order valence-corrected chi connectivity index (χ0v) is 16.6. The van der Waals surface area contributed by atoms with Gasteiger partial charge in [-0.1, -0.05) is 24.3 Å². The number of amides is 1. The number of fused-ring (bicyclic) bond motifs is 1. The lowest BCUT2D eigenvalue weighted by Gasteiger charge is -2.17. The summed E-state index contributed by atoms with van der Waals surface area (Å²) >= 11 is 0. The van der Waals surface area contributed by atoms with E-state index in [4.69, 9.17) is 5.11 Å². The summed E-state index contributed by atoms with van der Waals surface area (Å²) in [6.07, 6.45) is -2.99. The summed E-state index contributed by atoms with van der Waals surface area (Å²) in [6.45, 7) is 0.236. The molecule has 0 unspecified atom stereocenters. The largest absolute Gasteiger partial charge is 0.493 e. The van der Waals surface area contributed by atoms with Gasteiger partial charge in [0.05, 0.1) is 22.6 Å². The van der Waals surface area contributed by atoms with Gasteiger partial charge in [-0.3, -0.25) is 9.78 Å². The fourth-order valence-corrected chi connectivity index (χ4v) is 3.51. The molecule has 0 spiro atoms. The molecule has 0 bridgehead atoms. The van der Waals surface area contributed by atoms with Crippen LogP contribution in [0.4, 0.5) is 13.2 Å². The third-order valence-electron chi connectivity index (χ3n) is 5.06. The number of rotatable bonds is 5. The molecule has 2 aromatic heterocycles. The highest BCUT2D eigenvalue weighted by atomic mass is 19.4. The third-order valence-corrected chi connectivity index (χ3v) is 5.06. The van der Waals surface area contributed by atoms with Crippen LogP contribution in [0.2, 0.25) is 0 Å². The molecule has 3 aromatic rings. The maximum atomic E-state index is 12.9. The van der Waals surface area contributed by atoms with Gasteiger partial charge in [-0.05, 0) is 30.2 Å². The minimum absolute atomic E-state index is 0.0267. The molecule has 3 heterocycles. The molecule has 0 saturated heterocycles. The molecule has 7 nitrogen and oxygen atoms in total. The molecule has 0 atom stereocenters. The molecule has 2 N–H and O–H groups in total. The molecule has 1 aliphatic heterocycles. The molecule has 4 rings (SSSR count). The van der Waals surface area contributed by atoms with Crippen molar-refractivity contribution in [2.45, 2.75) is 19.0 Å². The highest BCUT2D eigenvalue weighted by molar-refractivity contribution is 5.98. The minimum atomic E-state index is -5.19. The Hall–Kier alpha value is -3.66. The van der Waals surface area contributed by atoms with E-state index in [1.165, 1.54) is 12.3 Å². The van der Waals surface area contributed by atoms with E-state index in [-0.39, 0.29) is 36.5 Å². The van der Waals surface area contributed by atoms with E-state index in [0.717, 1.165) is 15.9 Å². The number of aliphatic hydroxyl groups is 1. The number of halogens is 3. The second kappa shape index (κ2) is 8.46. The van der Waals surface area contributed by atoms with Gasteiger partial charge < -0.3 is 15.3 Å². The number of hydrogen-bond donors (Lipinski definition) is 2. The Labute approximate surface area is 180 Å². The number of hydrogen-bond acceptors (Lipinski definition) is 5. The summed E-state index contributed by atoms with van der Waals surface area (Å²) in [5, 5.41) is 11.7. The normalized spacial score (nSPS) is 13.4. The van der Waals surface area contributed by atoms with Gasteiger partial charge >= 0.3 is 12.1 Å². The maximum absolute atomic E-state index is 12.9. The highest BCUT2D eigenvalue weighted by Gasteiger charge is 2.43. The van der Waals surface area contributed by atoms with Crippen LogP contribution in [0, 0.1) is 0 Å². The predicted molar refractivity (Wildman–Crippen MR) is 108 cm³/mol. The van der Waals surface area contributed by atoms with Gasteiger partial charge in [0.25, 0.3) is 5.91 Å². The Balaban J connectivity index is 1.77. The van der Waals surface area contributed by atoms with Crippen LogP contribution in [-0.4, -0.2) is 46.0 Å². The number of aliphatic hydroxyl groups excluding tert-OH is 1. The molecule has 0 saturated carbocycles. The van der Waals surface area contributed by atoms with E-state index in [0.29, 0.717) is 17.7 Å². The average Bonchev–Trinajstić information content (AvgIpc) is 3.14. The lowest BCUT2D eigenvalue weighted by atomic mass is 10.0. The van der Waals surface area contributed by atoms with Crippen LogP contribution in [0.5, 0.6) is 0 Å². The molecular weight excluding hydrogens is 427 g/mol. The standard InChI is InChI=1S/C22H18F3N3O4/c23-22(24,25)21(31)32-28-18-6-9-27-20(30)16(18)12-19(28)15-5-8-26-17(11-15)14-3-1-13(2-4-14)7-10-29/h1-5,8,11-12,29H,6-7,9-10H2,(H,27,30). The van der Waals surface area contributed by atoms with E-state index in [9.17, 15) is 22.8 Å². The minimum Gasteiger partial charge on any atom is -0.396 e. The SMILES string of the molecule is O=C1NCCc2c1cc(-c1ccnc(-c3ccc(CCO)cc3)c1)n2OC(=O)C(F)(F)F. The van der Waals surface area contributed by atoms with E-state index >= 15 is 0 Å². The molecule has 10 heteroatoms. The van der Waals surface area contributed by atoms with Gasteiger partial charge in [0.2, 0.25) is 0 Å². The Morgan fingerprint density at radius 3 is 2.59 bits per heavy atom. The van der Waals surface area contributed by atoms with Crippen molar-refractivity contribution in [1.29, 1.82) is 0 Å². The number of benzene rings is 1. The van der Waals surface area contributed by atoms with Crippen molar-refractivity contribution in [3.05, 3.63) is 65.5 Å². The number of alkyl halides is 3. The van der Waals surface area contributed by atoms with Crippen molar-refractivity contribution in [3.63, 3.8) is 0 Å². The molecular formula is C22H18F3N3O4. The second-order valence-electron chi connectivity index (χ2n) is 7.17. The summed E-state index contributed by atoms with van der Waals surface area (Å²) < 4.78 is 39.4. The first kappa shape index (κ1) is 21.6. The average molecular weight is 445 g/mol. The van der Waals surface area contributed by atoms with E-state index in [1.807, 2.05) is 24.3 Å². The highest BCUT2D eigenvalue weighted by Crippen LogP contribution is 2.30. The van der Waals surface area contributed by atoms with Crippen molar-refractivity contribution < 1.29 is 32.7 Å². The van der Waals surface area contributed by atoms with Gasteiger partial charge in [-0.2, -0.15) is 17.9 Å². The molecule has 1 aliphatic rings. The Morgan fingerprint density at radius 2 is 1.91 bits per heavy atom. The van der Waals surface area contributed by atoms with Crippen LogP contribution in [0.15, 0.2) is 48.7 Å². The van der Waals surface area contributed by atoms with Gasteiger partial charge in [-0.25, -0.2) is 4.79 Å². The number of aromatic nitrogens is 2. The van der Waals surface area contributed by atoms with Crippen LogP contribution >= 0.6 is 0 Å². The maximum Gasteiger partial charge on any atom is 0.493 e. The van der Waals surface area contributed by atoms with Crippen LogP contribution in [-0.2, 0) is 17.6 Å². The predicted octanol–water partition coefficient (Wildman–Crippen LogP) is 2.56. The summed E-state index contributed by atoms with van der Waals surface area (Å²) in [4.78, 5) is 32.8. The summed E-state index contributed by atoms with van der Waals surface area (Å²) in [5.41, 5.74) is 3.12. The summed E-state index contributed by atoms with van der Waals surface area (Å²) in [6, 6.07) is 11.9. The Bertz CT molecular complexity index is 1170. The number of carbonyl (C=O) groups is 2. The molecule has 1 aromatic carbocycles. The van der Waals surface area contributed by atoms with Crippen molar-refractivity contribution >= 4 is 11.9 Å². The Kier molecular flexibility index (Phi) is 5.70. The van der Waals surface area contributed by atoms with Crippen molar-refractivity contribution in [1.82, 2.24) is 15.0 Å². The monoisotopic (exact) mass is 445 g/mol. The lowest BCUT2D eigenvalue weighted by molar-refractivity contribution is -0.199. The van der Waals surface area contributed by atoms with Crippen LogP contribution in [0.1, 0.15) is 21.6 Å². The van der Waals surface area contributed by atoms with E-state index in [2.05, 4.69) is 15.1 Å². The van der Waals surface area contributed by atoms with Gasteiger partial charge in [0.15, 0.2) is 0 Å². The number of nitrogens with one attached hydrogen (secondary N) is 1. The zero-order valence-electron chi connectivity index (χ0n) is 16.6. The second-order valence-corrected chi connectivity index (χ2v) is 7.17. The molecule has 166 valence electrons. The van der Waals surface area contributed by atoms with Crippen LogP contribution in [0.3, 0.4) is 0 Å². The van der Waals surface area contributed by atoms with Crippen LogP contribution < -0.4 is 10.2 Å². The van der Waals surface area contributed by atoms with Gasteiger partial charge in [0.1, 0.15) is 0 Å². The Morgan fingerprint density at radius 1 is 1.16 bits per heavy atom. The number of pyridine rings is 1. The molecule has 32 heavy (non-hydrogen) atoms. The summed E-state index contributed by atoms with van der Waals surface area (Å²) in [5.74, 6) is -2.83. The molecule has 0 radical (unpaired) electrons.